The zero-order valence-electron chi connectivity index (χ0n) is 3.05. The molecule has 0 unspecified atom stereocenters. The van der Waals surface area contributed by atoms with Gasteiger partial charge in [-0.2, -0.15) is 0 Å². The third-order valence-electron chi connectivity index (χ3n) is 0. The molecule has 0 spiro atoms. The maximum absolute atomic E-state index is 8.52. The molecular formula is H3AgNO4S-2. The summed E-state index contributed by atoms with van der Waals surface area (Å²) in [7, 11) is -5.17. The first-order chi connectivity index (χ1) is 2.00. The predicted molar refractivity (Wildman–Crippen MR) is 15.5 cm³/mol. The Morgan fingerprint density at radius 3 is 1.14 bits per heavy atom. The fraction of sp³-hybridized carbons (Fsp3) is 0. The van der Waals surface area contributed by atoms with Gasteiger partial charge in [0.15, 0.2) is 0 Å². The molecule has 51 valence electrons. The molecule has 0 fully saturated rings. The van der Waals surface area contributed by atoms with Crippen LogP contribution in [0.4, 0.5) is 0 Å². The van der Waals surface area contributed by atoms with Crippen LogP contribution in [-0.4, -0.2) is 17.5 Å². The Morgan fingerprint density at radius 2 is 1.14 bits per heavy atom. The van der Waals surface area contributed by atoms with Crippen molar-refractivity contribution < 1.29 is 39.9 Å². The Balaban J connectivity index is -0.0000000800. The Labute approximate surface area is 56.8 Å². The van der Waals surface area contributed by atoms with Crippen LogP contribution in [0.25, 0.3) is 0 Å². The van der Waals surface area contributed by atoms with E-state index in [9.17, 15) is 0 Å². The number of rotatable bonds is 0. The number of hydrogen-bond acceptors (Lipinski definition) is 5. The molecule has 0 amide bonds. The topological polar surface area (TPSA) is 115 Å². The van der Waals surface area contributed by atoms with Crippen LogP contribution < -0.4 is 6.15 Å². The normalized spacial score (nSPS) is 8.29. The summed E-state index contributed by atoms with van der Waals surface area (Å²) >= 11 is 0. The van der Waals surface area contributed by atoms with E-state index in [0.717, 1.165) is 0 Å². The van der Waals surface area contributed by atoms with Gasteiger partial charge in [0.05, 0.1) is 0 Å². The van der Waals surface area contributed by atoms with Gasteiger partial charge in [-0.1, -0.05) is 0 Å². The van der Waals surface area contributed by atoms with Crippen LogP contribution in [0.15, 0.2) is 0 Å². The van der Waals surface area contributed by atoms with Gasteiger partial charge >= 0.3 is 0 Å². The second kappa shape index (κ2) is 4.72. The fourth-order valence-corrected chi connectivity index (χ4v) is 0. The molecule has 0 aromatic carbocycles. The summed E-state index contributed by atoms with van der Waals surface area (Å²) in [6.45, 7) is 0. The molecule has 0 heterocycles. The van der Waals surface area contributed by atoms with Crippen LogP contribution >= 0.6 is 0 Å². The minimum atomic E-state index is -5.17. The molecule has 0 aliphatic rings. The molecule has 5 nitrogen and oxygen atoms in total. The average molecular weight is 221 g/mol. The fourth-order valence-electron chi connectivity index (χ4n) is 0. The van der Waals surface area contributed by atoms with E-state index in [1.54, 1.807) is 0 Å². The van der Waals surface area contributed by atoms with E-state index in [0.29, 0.717) is 0 Å². The van der Waals surface area contributed by atoms with Gasteiger partial charge in [-0.05, 0) is 0 Å². The van der Waals surface area contributed by atoms with Crippen molar-refractivity contribution in [1.29, 1.82) is 0 Å². The van der Waals surface area contributed by atoms with Gasteiger partial charge in [0.25, 0.3) is 0 Å². The third kappa shape index (κ3) is 422. The minimum Gasteiger partial charge on any atom is -0.759 e. The first-order valence-corrected chi connectivity index (χ1v) is 2.00. The molecule has 7 heteroatoms. The van der Waals surface area contributed by atoms with Gasteiger partial charge in [-0.3, -0.25) is 8.42 Å². The zero-order chi connectivity index (χ0) is 4.50. The maximum atomic E-state index is 8.52. The monoisotopic (exact) mass is 220 g/mol. The largest absolute Gasteiger partial charge is 0.759 e. The Hall–Kier alpha value is 0.570. The van der Waals surface area contributed by atoms with Crippen molar-refractivity contribution in [3.05, 3.63) is 0 Å². The molecule has 1 radical (unpaired) electrons. The van der Waals surface area contributed by atoms with Crippen molar-refractivity contribution in [3.8, 4) is 0 Å². The Kier molecular flexibility index (Phi) is 10.6. The minimum absolute atomic E-state index is 0. The predicted octanol–water partition coefficient (Wildman–Crippen LogP) is -1.18. The van der Waals surface area contributed by atoms with E-state index < -0.39 is 10.4 Å². The summed E-state index contributed by atoms with van der Waals surface area (Å²) in [5.41, 5.74) is 0. The molecule has 0 aromatic rings. The number of hydrogen-bond donors (Lipinski definition) is 1. The van der Waals surface area contributed by atoms with E-state index in [-0.39, 0.29) is 28.5 Å². The summed E-state index contributed by atoms with van der Waals surface area (Å²) in [5.74, 6) is 0. The summed E-state index contributed by atoms with van der Waals surface area (Å²) in [5, 5.41) is 0. The van der Waals surface area contributed by atoms with Crippen molar-refractivity contribution in [2.75, 3.05) is 0 Å². The van der Waals surface area contributed by atoms with Crippen LogP contribution in [0.1, 0.15) is 0 Å². The van der Waals surface area contributed by atoms with Gasteiger partial charge in [0.2, 0.25) is 0 Å². The molecule has 0 aliphatic carbocycles. The molecule has 7 heavy (non-hydrogen) atoms. The van der Waals surface area contributed by atoms with Gasteiger partial charge in [-0.15, -0.1) is 0 Å². The standard InChI is InChI=1S/Ag.H3N.H2O4S/c;;1-5(2,3)4/h;1H3;(H2,1,2,3,4)/p-2. The first-order valence-electron chi connectivity index (χ1n) is 0.667. The maximum Gasteiger partial charge on any atom is 0.0311 e. The third-order valence-corrected chi connectivity index (χ3v) is 0. The molecule has 0 atom stereocenters. The van der Waals surface area contributed by atoms with Crippen LogP contribution in [0, 0.1) is 0 Å². The van der Waals surface area contributed by atoms with Gasteiger partial charge < -0.3 is 15.3 Å². The Morgan fingerprint density at radius 1 is 1.14 bits per heavy atom. The molecule has 3 N–H and O–H groups in total. The van der Waals surface area contributed by atoms with Gasteiger partial charge in [-0.25, -0.2) is 0 Å². The molecule has 0 rings (SSSR count). The second-order valence-electron chi connectivity index (χ2n) is 0.408. The second-order valence-corrected chi connectivity index (χ2v) is 1.22. The molecule has 0 aromatic heterocycles. The van der Waals surface area contributed by atoms with Crippen molar-refractivity contribution >= 4 is 10.4 Å². The van der Waals surface area contributed by atoms with E-state index in [4.69, 9.17) is 17.5 Å². The van der Waals surface area contributed by atoms with E-state index in [1.807, 2.05) is 0 Å². The van der Waals surface area contributed by atoms with Crippen molar-refractivity contribution in [2.45, 2.75) is 0 Å². The first kappa shape index (κ1) is 15.6. The molecule has 0 aliphatic heterocycles. The van der Waals surface area contributed by atoms with E-state index in [1.165, 1.54) is 0 Å². The molecular weight excluding hydrogens is 218 g/mol. The molecule has 0 saturated carbocycles. The van der Waals surface area contributed by atoms with Crippen LogP contribution in [0.2, 0.25) is 0 Å². The summed E-state index contributed by atoms with van der Waals surface area (Å²) in [4.78, 5) is 0. The van der Waals surface area contributed by atoms with E-state index >= 15 is 0 Å². The van der Waals surface area contributed by atoms with E-state index in [2.05, 4.69) is 0 Å². The van der Waals surface area contributed by atoms with Gasteiger partial charge in [0.1, 0.15) is 0 Å². The SMILES string of the molecule is N.O=S(=O)([O-])[O-].[Ag]. The summed E-state index contributed by atoms with van der Waals surface area (Å²) in [6, 6.07) is 0. The summed E-state index contributed by atoms with van der Waals surface area (Å²) < 4.78 is 34.1. The zero-order valence-corrected chi connectivity index (χ0v) is 5.35. The quantitative estimate of drug-likeness (QED) is 0.314. The Bertz CT molecular complexity index is 94.9. The summed E-state index contributed by atoms with van der Waals surface area (Å²) in [6.07, 6.45) is 0. The van der Waals surface area contributed by atoms with Crippen molar-refractivity contribution in [1.82, 2.24) is 6.15 Å². The van der Waals surface area contributed by atoms with Gasteiger partial charge in [0, 0.05) is 32.8 Å². The average Bonchev–Trinajstić information content (AvgIpc) is 0.722. The van der Waals surface area contributed by atoms with Crippen LogP contribution in [0.3, 0.4) is 0 Å². The molecule has 0 saturated heterocycles. The van der Waals surface area contributed by atoms with Crippen molar-refractivity contribution in [2.24, 2.45) is 0 Å². The van der Waals surface area contributed by atoms with Crippen molar-refractivity contribution in [3.63, 3.8) is 0 Å². The smallest absolute Gasteiger partial charge is 0.0311 e. The van der Waals surface area contributed by atoms with Crippen LogP contribution in [0.5, 0.6) is 0 Å². The van der Waals surface area contributed by atoms with Crippen LogP contribution in [-0.2, 0) is 32.8 Å². The molecule has 0 bridgehead atoms.